The molecule has 0 radical (unpaired) electrons. The molecule has 2 aromatic carbocycles. The molecule has 3 aliphatic rings. The molecule has 3 aromatic rings. The van der Waals surface area contributed by atoms with E-state index in [1.165, 1.54) is 12.1 Å². The number of benzene rings is 2. The molecule has 2 saturated heterocycles. The van der Waals surface area contributed by atoms with Crippen LogP contribution >= 0.6 is 12.2 Å². The van der Waals surface area contributed by atoms with Crippen LogP contribution in [0.1, 0.15) is 6.04 Å². The minimum atomic E-state index is -0.306. The van der Waals surface area contributed by atoms with E-state index in [0.717, 1.165) is 5.56 Å². The topological polar surface area (TPSA) is 105 Å². The Morgan fingerprint density at radius 3 is 2.73 bits per heavy atom. The van der Waals surface area contributed by atoms with Crippen molar-refractivity contribution in [2.75, 3.05) is 25.3 Å². The van der Waals surface area contributed by atoms with Crippen molar-refractivity contribution in [1.82, 2.24) is 25.5 Å². The highest BCUT2D eigenvalue weighted by molar-refractivity contribution is 7.80. The van der Waals surface area contributed by atoms with Gasteiger partial charge in [-0.15, -0.1) is 5.10 Å². The summed E-state index contributed by atoms with van der Waals surface area (Å²) in [6.45, 7) is 1.01. The number of aromatic nitrogens is 4. The smallest absolute Gasteiger partial charge is 0.231 e. The maximum atomic E-state index is 13.1. The molecule has 10 nitrogen and oxygen atoms in total. The number of tetrazole rings is 1. The lowest BCUT2D eigenvalue weighted by Crippen LogP contribution is -2.45. The average Bonchev–Trinajstić information content (AvgIpc) is 3.60. The number of thiocarbonyl (C=S) groups is 1. The summed E-state index contributed by atoms with van der Waals surface area (Å²) >= 11 is 5.41. The second-order valence-corrected chi connectivity index (χ2v) is 8.30. The molecule has 2 fully saturated rings. The second-order valence-electron chi connectivity index (χ2n) is 7.89. The number of ether oxygens (including phenoxy) is 4. The summed E-state index contributed by atoms with van der Waals surface area (Å²) in [6, 6.07) is 11.2. The van der Waals surface area contributed by atoms with Crippen molar-refractivity contribution >= 4 is 23.0 Å². The number of nitrogens with zero attached hydrogens (tertiary/aromatic N) is 4. The minimum Gasteiger partial charge on any atom is -0.454 e. The molecule has 0 saturated carbocycles. The third-order valence-electron chi connectivity index (χ3n) is 5.88. The van der Waals surface area contributed by atoms with E-state index in [4.69, 9.17) is 31.2 Å². The van der Waals surface area contributed by atoms with Gasteiger partial charge in [0.25, 0.3) is 0 Å². The number of anilines is 1. The Kier molecular flexibility index (Phi) is 5.04. The van der Waals surface area contributed by atoms with E-state index >= 15 is 0 Å². The number of fused-ring (bicyclic) bond motifs is 2. The number of nitrogens with one attached hydrogen (secondary N) is 2. The largest absolute Gasteiger partial charge is 0.454 e. The van der Waals surface area contributed by atoms with Crippen LogP contribution in [0.5, 0.6) is 11.5 Å². The Morgan fingerprint density at radius 1 is 1.03 bits per heavy atom. The average molecular weight is 470 g/mol. The van der Waals surface area contributed by atoms with Gasteiger partial charge in [0.05, 0.1) is 19.3 Å². The molecular formula is C21H19FN6O4S. The van der Waals surface area contributed by atoms with Gasteiger partial charge < -0.3 is 29.6 Å². The molecular weight excluding hydrogens is 451 g/mol. The molecule has 6 rings (SSSR count). The third-order valence-corrected chi connectivity index (χ3v) is 6.10. The number of hydrogen-bond donors (Lipinski definition) is 2. The molecule has 170 valence electrons. The van der Waals surface area contributed by atoms with E-state index in [9.17, 15) is 4.39 Å². The van der Waals surface area contributed by atoms with E-state index in [1.807, 2.05) is 18.2 Å². The van der Waals surface area contributed by atoms with E-state index < -0.39 is 0 Å². The molecule has 4 atom stereocenters. The molecule has 33 heavy (non-hydrogen) atoms. The molecule has 4 heterocycles. The van der Waals surface area contributed by atoms with Crippen molar-refractivity contribution < 1.29 is 23.3 Å². The quantitative estimate of drug-likeness (QED) is 0.550. The zero-order valence-corrected chi connectivity index (χ0v) is 18.0. The fourth-order valence-corrected chi connectivity index (χ4v) is 4.59. The van der Waals surface area contributed by atoms with Crippen molar-refractivity contribution in [3.8, 4) is 22.9 Å². The molecule has 3 aliphatic heterocycles. The van der Waals surface area contributed by atoms with Crippen LogP contribution in [0.25, 0.3) is 11.4 Å². The zero-order valence-electron chi connectivity index (χ0n) is 17.2. The van der Waals surface area contributed by atoms with Gasteiger partial charge in [-0.05, 0) is 65.1 Å². The van der Waals surface area contributed by atoms with Crippen molar-refractivity contribution in [3.05, 3.63) is 48.3 Å². The molecule has 0 unspecified atom stereocenters. The van der Waals surface area contributed by atoms with E-state index in [1.54, 1.807) is 16.8 Å². The van der Waals surface area contributed by atoms with Crippen LogP contribution in [-0.4, -0.2) is 63.6 Å². The third kappa shape index (κ3) is 3.75. The Morgan fingerprint density at radius 2 is 1.85 bits per heavy atom. The van der Waals surface area contributed by atoms with Crippen molar-refractivity contribution in [2.45, 2.75) is 24.3 Å². The van der Waals surface area contributed by atoms with Gasteiger partial charge in [0.15, 0.2) is 22.4 Å². The minimum absolute atomic E-state index is 0.147. The first-order valence-corrected chi connectivity index (χ1v) is 10.8. The first-order chi connectivity index (χ1) is 16.2. The van der Waals surface area contributed by atoms with Crippen molar-refractivity contribution in [3.63, 3.8) is 0 Å². The van der Waals surface area contributed by atoms with Crippen LogP contribution in [0, 0.1) is 5.82 Å². The first-order valence-electron chi connectivity index (χ1n) is 10.4. The SMILES string of the molecule is Fc1ccc(NC(=S)N[C@H]2CO[C@H]3[C@@H]2OC[C@@H]3n2nnnc2-c2ccc3c(c2)OCO3)cc1. The van der Waals surface area contributed by atoms with Crippen LogP contribution in [0.15, 0.2) is 42.5 Å². The summed E-state index contributed by atoms with van der Waals surface area (Å²) in [5.41, 5.74) is 1.50. The predicted molar refractivity (Wildman–Crippen MR) is 117 cm³/mol. The van der Waals surface area contributed by atoms with E-state index in [0.29, 0.717) is 41.3 Å². The normalized spacial score (nSPS) is 25.1. The molecule has 0 amide bonds. The van der Waals surface area contributed by atoms with Crippen molar-refractivity contribution in [1.29, 1.82) is 0 Å². The summed E-state index contributed by atoms with van der Waals surface area (Å²) in [6.07, 6.45) is -0.468. The monoisotopic (exact) mass is 470 g/mol. The summed E-state index contributed by atoms with van der Waals surface area (Å²) in [5, 5.41) is 19.0. The Hall–Kier alpha value is -3.35. The fraction of sp³-hybridized carbons (Fsp3) is 0.333. The number of hydrogen-bond acceptors (Lipinski definition) is 8. The Labute approximate surface area is 193 Å². The highest BCUT2D eigenvalue weighted by Gasteiger charge is 2.49. The summed E-state index contributed by atoms with van der Waals surface area (Å²) < 4.78 is 37.9. The van der Waals surface area contributed by atoms with Gasteiger partial charge in [0.1, 0.15) is 24.1 Å². The van der Waals surface area contributed by atoms with E-state index in [2.05, 4.69) is 26.2 Å². The van der Waals surface area contributed by atoms with Crippen LogP contribution in [-0.2, 0) is 9.47 Å². The molecule has 0 aliphatic carbocycles. The van der Waals surface area contributed by atoms with Crippen molar-refractivity contribution in [2.24, 2.45) is 0 Å². The Balaban J connectivity index is 1.15. The van der Waals surface area contributed by atoms with Gasteiger partial charge in [-0.2, -0.15) is 0 Å². The highest BCUT2D eigenvalue weighted by Crippen LogP contribution is 2.38. The number of halogens is 1. The maximum absolute atomic E-state index is 13.1. The zero-order chi connectivity index (χ0) is 22.4. The van der Waals surface area contributed by atoms with E-state index in [-0.39, 0.29) is 36.9 Å². The maximum Gasteiger partial charge on any atom is 0.231 e. The molecule has 2 N–H and O–H groups in total. The lowest BCUT2D eigenvalue weighted by atomic mass is 10.1. The fourth-order valence-electron chi connectivity index (χ4n) is 4.32. The lowest BCUT2D eigenvalue weighted by molar-refractivity contribution is 0.0626. The van der Waals surface area contributed by atoms with Crippen LogP contribution in [0.3, 0.4) is 0 Å². The summed E-state index contributed by atoms with van der Waals surface area (Å²) in [5.74, 6) is 1.64. The highest BCUT2D eigenvalue weighted by atomic mass is 32.1. The van der Waals surface area contributed by atoms with Gasteiger partial charge >= 0.3 is 0 Å². The standard InChI is InChI=1S/C21H19FN6O4S/c22-12-2-4-13(5-3-12)23-21(33)24-14-8-29-19-15(9-30-18(14)19)28-20(25-26-27-28)11-1-6-16-17(7-11)32-10-31-16/h1-7,14-15,18-19H,8-10H2,(H2,23,24,33)/t14-,15-,18+,19+/m0/s1. The van der Waals surface area contributed by atoms with Crippen LogP contribution in [0.4, 0.5) is 10.1 Å². The van der Waals surface area contributed by atoms with Gasteiger partial charge in [0, 0.05) is 11.3 Å². The molecule has 12 heteroatoms. The molecule has 0 bridgehead atoms. The van der Waals surface area contributed by atoms with Gasteiger partial charge in [-0.1, -0.05) is 0 Å². The Bertz CT molecular complexity index is 1190. The van der Waals surface area contributed by atoms with Gasteiger partial charge in [0.2, 0.25) is 6.79 Å². The van der Waals surface area contributed by atoms with Crippen LogP contribution in [0.2, 0.25) is 0 Å². The predicted octanol–water partition coefficient (Wildman–Crippen LogP) is 1.90. The summed E-state index contributed by atoms with van der Waals surface area (Å²) in [7, 11) is 0. The lowest BCUT2D eigenvalue weighted by Gasteiger charge is -2.20. The summed E-state index contributed by atoms with van der Waals surface area (Å²) in [4.78, 5) is 0. The van der Waals surface area contributed by atoms with Gasteiger partial charge in [-0.25, -0.2) is 9.07 Å². The van der Waals surface area contributed by atoms with Gasteiger partial charge in [-0.3, -0.25) is 0 Å². The second kappa shape index (κ2) is 8.21. The first kappa shape index (κ1) is 20.3. The number of rotatable bonds is 4. The van der Waals surface area contributed by atoms with Crippen LogP contribution < -0.4 is 20.1 Å². The molecule has 0 spiro atoms. The molecule has 1 aromatic heterocycles.